The number of benzene rings is 1. The molecule has 2 fully saturated rings. The van der Waals surface area contributed by atoms with Gasteiger partial charge in [0.2, 0.25) is 5.91 Å². The van der Waals surface area contributed by atoms with Crippen LogP contribution in [0.4, 0.5) is 0 Å². The van der Waals surface area contributed by atoms with Crippen LogP contribution in [-0.4, -0.2) is 34.4 Å². The molecule has 1 saturated heterocycles. The summed E-state index contributed by atoms with van der Waals surface area (Å²) in [5.74, 6) is 2.88. The SMILES string of the molecule is C=CC[C@@]1(CC)C[C@H](c2cccc(Cl)c2)[C@@H](C(=C)/C=C\C(Cl)=C/C)N([C@H](CSCC)C2CC2)C1=O. The van der Waals surface area contributed by atoms with Gasteiger partial charge >= 0.3 is 0 Å². The number of hydrogen-bond donors (Lipinski definition) is 0. The first-order valence-corrected chi connectivity index (χ1v) is 14.7. The Kier molecular flexibility index (Phi) is 10.2. The van der Waals surface area contributed by atoms with Crippen LogP contribution in [0.5, 0.6) is 0 Å². The summed E-state index contributed by atoms with van der Waals surface area (Å²) in [6.07, 6.45) is 12.2. The average molecular weight is 533 g/mol. The van der Waals surface area contributed by atoms with Gasteiger partial charge in [0, 0.05) is 27.8 Å². The van der Waals surface area contributed by atoms with Crippen LogP contribution in [0.2, 0.25) is 5.02 Å². The number of rotatable bonds is 12. The first kappa shape index (κ1) is 28.2. The molecule has 1 aromatic rings. The predicted octanol–water partition coefficient (Wildman–Crippen LogP) is 8.78. The maximum absolute atomic E-state index is 14.5. The molecule has 1 amide bonds. The summed E-state index contributed by atoms with van der Waals surface area (Å²) in [5, 5.41) is 1.38. The highest BCUT2D eigenvalue weighted by Crippen LogP contribution is 2.52. The molecule has 4 atom stereocenters. The van der Waals surface area contributed by atoms with Gasteiger partial charge in [0.25, 0.3) is 0 Å². The van der Waals surface area contributed by atoms with Crippen LogP contribution < -0.4 is 0 Å². The van der Waals surface area contributed by atoms with E-state index in [0.29, 0.717) is 22.4 Å². The second-order valence-corrected chi connectivity index (χ2v) is 12.0. The molecule has 0 radical (unpaired) electrons. The van der Waals surface area contributed by atoms with Crippen LogP contribution >= 0.6 is 35.0 Å². The normalized spacial score (nSPS) is 26.3. The van der Waals surface area contributed by atoms with Crippen LogP contribution in [0, 0.1) is 11.3 Å². The molecule has 190 valence electrons. The average Bonchev–Trinajstić information content (AvgIpc) is 3.69. The summed E-state index contributed by atoms with van der Waals surface area (Å²) < 4.78 is 0. The number of carbonyl (C=O) groups excluding carboxylic acids is 1. The molecule has 0 bridgehead atoms. The zero-order chi connectivity index (χ0) is 25.6. The number of piperidine rings is 1. The van der Waals surface area contributed by atoms with Gasteiger partial charge < -0.3 is 4.90 Å². The van der Waals surface area contributed by atoms with E-state index < -0.39 is 5.41 Å². The van der Waals surface area contributed by atoms with Crippen molar-refractivity contribution in [1.29, 1.82) is 0 Å². The third-order valence-electron chi connectivity index (χ3n) is 7.60. The molecule has 0 spiro atoms. The van der Waals surface area contributed by atoms with E-state index in [1.165, 1.54) is 12.8 Å². The fraction of sp³-hybridized carbons (Fsp3) is 0.500. The largest absolute Gasteiger partial charge is 0.330 e. The lowest BCUT2D eigenvalue weighted by molar-refractivity contribution is -0.154. The molecule has 1 saturated carbocycles. The van der Waals surface area contributed by atoms with Crippen molar-refractivity contribution >= 4 is 40.9 Å². The molecular formula is C30H39Cl2NOS. The topological polar surface area (TPSA) is 20.3 Å². The minimum absolute atomic E-state index is 0.0840. The lowest BCUT2D eigenvalue weighted by Crippen LogP contribution is -2.61. The van der Waals surface area contributed by atoms with Gasteiger partial charge in [-0.05, 0) is 80.0 Å². The first-order valence-electron chi connectivity index (χ1n) is 12.8. The minimum atomic E-state index is -0.472. The van der Waals surface area contributed by atoms with Crippen molar-refractivity contribution < 1.29 is 4.79 Å². The highest BCUT2D eigenvalue weighted by atomic mass is 35.5. The minimum Gasteiger partial charge on any atom is -0.330 e. The summed E-state index contributed by atoms with van der Waals surface area (Å²) in [6.45, 7) is 14.8. The molecule has 5 heteroatoms. The van der Waals surface area contributed by atoms with E-state index >= 15 is 0 Å². The molecule has 2 aliphatic rings. The number of halogens is 2. The fourth-order valence-corrected chi connectivity index (χ4v) is 6.65. The molecule has 0 N–H and O–H groups in total. The van der Waals surface area contributed by atoms with E-state index in [-0.39, 0.29) is 23.9 Å². The van der Waals surface area contributed by atoms with Gasteiger partial charge in [-0.25, -0.2) is 0 Å². The number of hydrogen-bond acceptors (Lipinski definition) is 2. The Morgan fingerprint density at radius 1 is 1.31 bits per heavy atom. The summed E-state index contributed by atoms with van der Waals surface area (Å²) in [4.78, 5) is 16.7. The smallest absolute Gasteiger partial charge is 0.229 e. The lowest BCUT2D eigenvalue weighted by Gasteiger charge is -2.53. The Bertz CT molecular complexity index is 982. The summed E-state index contributed by atoms with van der Waals surface area (Å²) in [6, 6.07) is 8.17. The molecule has 35 heavy (non-hydrogen) atoms. The third kappa shape index (κ3) is 6.48. The van der Waals surface area contributed by atoms with Crippen LogP contribution in [0.1, 0.15) is 64.4 Å². The quantitative estimate of drug-likeness (QED) is 0.198. The Hall–Kier alpha value is -1.42. The second kappa shape index (κ2) is 12.7. The zero-order valence-corrected chi connectivity index (χ0v) is 23.6. The van der Waals surface area contributed by atoms with Gasteiger partial charge in [-0.2, -0.15) is 11.8 Å². The van der Waals surface area contributed by atoms with Crippen LogP contribution in [0.15, 0.2) is 72.3 Å². The Labute approximate surface area is 226 Å². The summed E-state index contributed by atoms with van der Waals surface area (Å²) >= 11 is 14.7. The highest BCUT2D eigenvalue weighted by Gasteiger charge is 2.54. The van der Waals surface area contributed by atoms with E-state index in [9.17, 15) is 4.79 Å². The Balaban J connectivity index is 2.19. The molecule has 2 nitrogen and oxygen atoms in total. The molecule has 1 heterocycles. The molecule has 1 aliphatic heterocycles. The van der Waals surface area contributed by atoms with E-state index in [0.717, 1.165) is 35.5 Å². The lowest BCUT2D eigenvalue weighted by atomic mass is 9.65. The number of amides is 1. The molecular weight excluding hydrogens is 493 g/mol. The maximum Gasteiger partial charge on any atom is 0.229 e. The molecule has 3 rings (SSSR count). The zero-order valence-electron chi connectivity index (χ0n) is 21.3. The number of thioether (sulfide) groups is 1. The van der Waals surface area contributed by atoms with Crippen LogP contribution in [-0.2, 0) is 4.79 Å². The van der Waals surface area contributed by atoms with E-state index in [1.807, 2.05) is 55.1 Å². The van der Waals surface area contributed by atoms with Crippen molar-refractivity contribution in [1.82, 2.24) is 4.90 Å². The van der Waals surface area contributed by atoms with Crippen molar-refractivity contribution in [3.63, 3.8) is 0 Å². The van der Waals surface area contributed by atoms with Gasteiger partial charge in [-0.3, -0.25) is 4.79 Å². The van der Waals surface area contributed by atoms with Gasteiger partial charge in [0.05, 0.1) is 11.5 Å². The number of allylic oxidation sites excluding steroid dienone is 4. The highest BCUT2D eigenvalue weighted by molar-refractivity contribution is 7.99. The van der Waals surface area contributed by atoms with Crippen molar-refractivity contribution in [2.45, 2.75) is 70.9 Å². The second-order valence-electron chi connectivity index (χ2n) is 9.80. The number of carbonyl (C=O) groups is 1. The van der Waals surface area contributed by atoms with Crippen LogP contribution in [0.25, 0.3) is 0 Å². The maximum atomic E-state index is 14.5. The standard InChI is InChI=1S/C30H39Cl2NOS/c1-6-17-30(8-3)19-26(23-11-10-12-25(32)18-23)28(21(5)13-16-24(31)7-2)33(29(30)34)27(20-35-9-4)22-14-15-22/h6-7,10-13,16,18,22,26-28H,1,5,8-9,14-15,17,19-20H2,2-4H3/b16-13-,24-7+/t26-,27-,28-,30+/m1/s1. The van der Waals surface area contributed by atoms with Crippen molar-refractivity contribution in [3.8, 4) is 0 Å². The van der Waals surface area contributed by atoms with E-state index in [2.05, 4.69) is 44.0 Å². The third-order valence-corrected chi connectivity index (χ3v) is 9.16. The van der Waals surface area contributed by atoms with Gasteiger partial charge in [-0.15, -0.1) is 6.58 Å². The van der Waals surface area contributed by atoms with Gasteiger partial charge in [-0.1, -0.05) is 74.0 Å². The van der Waals surface area contributed by atoms with Crippen molar-refractivity contribution in [2.75, 3.05) is 11.5 Å². The number of nitrogens with zero attached hydrogens (tertiary/aromatic N) is 1. The van der Waals surface area contributed by atoms with Gasteiger partial charge in [0.15, 0.2) is 0 Å². The van der Waals surface area contributed by atoms with Gasteiger partial charge in [0.1, 0.15) is 0 Å². The monoisotopic (exact) mass is 531 g/mol. The summed E-state index contributed by atoms with van der Waals surface area (Å²) in [5.41, 5.74) is 1.60. The Morgan fingerprint density at radius 3 is 2.63 bits per heavy atom. The van der Waals surface area contributed by atoms with Crippen molar-refractivity contribution in [2.24, 2.45) is 11.3 Å². The first-order chi connectivity index (χ1) is 16.8. The molecule has 1 aliphatic carbocycles. The predicted molar refractivity (Wildman–Crippen MR) is 154 cm³/mol. The van der Waals surface area contributed by atoms with Crippen molar-refractivity contribution in [3.05, 3.63) is 82.9 Å². The molecule has 0 unspecified atom stereocenters. The molecule has 0 aromatic heterocycles. The fourth-order valence-electron chi connectivity index (χ4n) is 5.48. The van der Waals surface area contributed by atoms with E-state index in [4.69, 9.17) is 23.2 Å². The Morgan fingerprint density at radius 2 is 2.06 bits per heavy atom. The van der Waals surface area contributed by atoms with E-state index in [1.54, 1.807) is 0 Å². The molecule has 1 aromatic carbocycles. The van der Waals surface area contributed by atoms with Crippen LogP contribution in [0.3, 0.4) is 0 Å². The number of likely N-dealkylation sites (tertiary alicyclic amines) is 1. The summed E-state index contributed by atoms with van der Waals surface area (Å²) in [7, 11) is 0.